The molecule has 1 amide bonds. The Bertz CT molecular complexity index is 709. The lowest BCUT2D eigenvalue weighted by Gasteiger charge is -2.21. The third-order valence-corrected chi connectivity index (χ3v) is 4.64. The van der Waals surface area contributed by atoms with Gasteiger partial charge in [0.15, 0.2) is 0 Å². The highest BCUT2D eigenvalue weighted by Crippen LogP contribution is 2.17. The van der Waals surface area contributed by atoms with Crippen molar-refractivity contribution >= 4 is 17.2 Å². The van der Waals surface area contributed by atoms with Gasteiger partial charge in [-0.2, -0.15) is 11.3 Å². The first-order valence-electron chi connectivity index (χ1n) is 8.18. The topological polar surface area (TPSA) is 33.5 Å². The number of amides is 1. The van der Waals surface area contributed by atoms with Crippen LogP contribution in [0.4, 0.5) is 0 Å². The van der Waals surface area contributed by atoms with Crippen molar-refractivity contribution in [2.24, 2.45) is 0 Å². The van der Waals surface area contributed by atoms with Gasteiger partial charge in [-0.3, -0.25) is 4.79 Å². The highest BCUT2D eigenvalue weighted by atomic mass is 32.1. The van der Waals surface area contributed by atoms with Crippen LogP contribution in [0.3, 0.4) is 0 Å². The zero-order chi connectivity index (χ0) is 16.8. The fourth-order valence-corrected chi connectivity index (χ4v) is 3.34. The summed E-state index contributed by atoms with van der Waals surface area (Å²) < 4.78 is 5.43. The highest BCUT2D eigenvalue weighted by Gasteiger charge is 2.18. The Morgan fingerprint density at radius 2 is 1.92 bits per heavy atom. The summed E-state index contributed by atoms with van der Waals surface area (Å²) in [6.07, 6.45) is 3.79. The average molecular weight is 339 g/mol. The number of benzene rings is 1. The number of thiophene rings is 1. The maximum absolute atomic E-state index is 13.0. The summed E-state index contributed by atoms with van der Waals surface area (Å²) in [5.74, 6) is 0.821. The molecule has 24 heavy (non-hydrogen) atoms. The van der Waals surface area contributed by atoms with Crippen LogP contribution < -0.4 is 0 Å². The minimum Gasteiger partial charge on any atom is -0.467 e. The first-order chi connectivity index (χ1) is 11.8. The second kappa shape index (κ2) is 7.97. The summed E-state index contributed by atoms with van der Waals surface area (Å²) in [7, 11) is 0. The summed E-state index contributed by atoms with van der Waals surface area (Å²) in [6.45, 7) is 3.21. The molecule has 0 aliphatic carbocycles. The molecule has 0 atom stereocenters. The van der Waals surface area contributed by atoms with Crippen molar-refractivity contribution in [3.8, 4) is 0 Å². The normalized spacial score (nSPS) is 10.7. The lowest BCUT2D eigenvalue weighted by molar-refractivity contribution is 0.0718. The Kier molecular flexibility index (Phi) is 5.49. The van der Waals surface area contributed by atoms with Crippen LogP contribution in [0.15, 0.2) is 63.9 Å². The van der Waals surface area contributed by atoms with Gasteiger partial charge in [0.25, 0.3) is 5.91 Å². The number of nitrogens with zero attached hydrogens (tertiary/aromatic N) is 1. The third kappa shape index (κ3) is 4.15. The molecule has 0 unspecified atom stereocenters. The fraction of sp³-hybridized carbons (Fsp3) is 0.250. The predicted octanol–water partition coefficient (Wildman–Crippen LogP) is 5.14. The predicted molar refractivity (Wildman–Crippen MR) is 97.0 cm³/mol. The summed E-state index contributed by atoms with van der Waals surface area (Å²) in [5.41, 5.74) is 3.13. The number of hydrogen-bond donors (Lipinski definition) is 0. The van der Waals surface area contributed by atoms with Crippen molar-refractivity contribution < 1.29 is 9.21 Å². The van der Waals surface area contributed by atoms with Crippen molar-refractivity contribution in [1.82, 2.24) is 4.90 Å². The first-order valence-corrected chi connectivity index (χ1v) is 9.12. The monoisotopic (exact) mass is 339 g/mol. The minimum absolute atomic E-state index is 0.0284. The summed E-state index contributed by atoms with van der Waals surface area (Å²) in [4.78, 5) is 14.8. The van der Waals surface area contributed by atoms with E-state index in [0.717, 1.165) is 29.7 Å². The standard InChI is InChI=1S/C20H21NO2S/c1-2-4-16-6-8-18(9-7-16)20(22)21(13-17-10-12-24-15-17)14-19-5-3-11-23-19/h3,5-12,15H,2,4,13-14H2,1H3. The molecule has 0 fully saturated rings. The Balaban J connectivity index is 1.79. The Hall–Kier alpha value is -2.33. The van der Waals surface area contributed by atoms with Gasteiger partial charge < -0.3 is 9.32 Å². The average Bonchev–Trinajstić information content (AvgIpc) is 3.28. The molecule has 4 heteroatoms. The quantitative estimate of drug-likeness (QED) is 0.597. The fourth-order valence-electron chi connectivity index (χ4n) is 2.68. The lowest BCUT2D eigenvalue weighted by atomic mass is 10.1. The van der Waals surface area contributed by atoms with Gasteiger partial charge in [-0.05, 0) is 58.6 Å². The number of carbonyl (C=O) groups excluding carboxylic acids is 1. The summed E-state index contributed by atoms with van der Waals surface area (Å²) >= 11 is 1.64. The van der Waals surface area contributed by atoms with Gasteiger partial charge in [0.05, 0.1) is 12.8 Å². The van der Waals surface area contributed by atoms with Crippen molar-refractivity contribution in [2.75, 3.05) is 0 Å². The molecular formula is C20H21NO2S. The van der Waals surface area contributed by atoms with E-state index in [9.17, 15) is 4.79 Å². The lowest BCUT2D eigenvalue weighted by Crippen LogP contribution is -2.29. The molecule has 0 saturated heterocycles. The van der Waals surface area contributed by atoms with E-state index in [1.807, 2.05) is 46.7 Å². The summed E-state index contributed by atoms with van der Waals surface area (Å²) in [6, 6.07) is 13.8. The molecule has 3 nitrogen and oxygen atoms in total. The van der Waals surface area contributed by atoms with E-state index in [0.29, 0.717) is 13.1 Å². The zero-order valence-electron chi connectivity index (χ0n) is 13.8. The number of rotatable bonds is 7. The molecule has 2 aromatic heterocycles. The smallest absolute Gasteiger partial charge is 0.254 e. The molecule has 0 saturated carbocycles. The van der Waals surface area contributed by atoms with Crippen LogP contribution in [0.5, 0.6) is 0 Å². The molecular weight excluding hydrogens is 318 g/mol. The van der Waals surface area contributed by atoms with Gasteiger partial charge in [-0.1, -0.05) is 25.5 Å². The molecule has 3 aromatic rings. The zero-order valence-corrected chi connectivity index (χ0v) is 14.6. The van der Waals surface area contributed by atoms with Crippen LogP contribution >= 0.6 is 11.3 Å². The van der Waals surface area contributed by atoms with Crippen molar-refractivity contribution in [2.45, 2.75) is 32.9 Å². The largest absolute Gasteiger partial charge is 0.467 e. The number of aryl methyl sites for hydroxylation is 1. The molecule has 0 aliphatic rings. The van der Waals surface area contributed by atoms with E-state index in [1.165, 1.54) is 5.56 Å². The molecule has 0 bridgehead atoms. The van der Waals surface area contributed by atoms with Gasteiger partial charge >= 0.3 is 0 Å². The molecule has 0 aliphatic heterocycles. The molecule has 0 spiro atoms. The van der Waals surface area contributed by atoms with E-state index in [2.05, 4.69) is 18.4 Å². The Labute approximate surface area is 146 Å². The van der Waals surface area contributed by atoms with E-state index in [-0.39, 0.29) is 5.91 Å². The van der Waals surface area contributed by atoms with E-state index < -0.39 is 0 Å². The van der Waals surface area contributed by atoms with Crippen LogP contribution in [0.1, 0.15) is 40.6 Å². The van der Waals surface area contributed by atoms with Crippen LogP contribution in [-0.2, 0) is 19.5 Å². The van der Waals surface area contributed by atoms with Gasteiger partial charge in [-0.25, -0.2) is 0 Å². The maximum Gasteiger partial charge on any atom is 0.254 e. The number of hydrogen-bond acceptors (Lipinski definition) is 3. The van der Waals surface area contributed by atoms with Crippen molar-refractivity contribution in [3.63, 3.8) is 0 Å². The van der Waals surface area contributed by atoms with Gasteiger partial charge in [-0.15, -0.1) is 0 Å². The molecule has 3 rings (SSSR count). The van der Waals surface area contributed by atoms with E-state index in [1.54, 1.807) is 17.6 Å². The molecule has 124 valence electrons. The maximum atomic E-state index is 13.0. The van der Waals surface area contributed by atoms with Crippen LogP contribution in [0.2, 0.25) is 0 Å². The molecule has 0 N–H and O–H groups in total. The van der Waals surface area contributed by atoms with Gasteiger partial charge in [0, 0.05) is 12.1 Å². The molecule has 2 heterocycles. The third-order valence-electron chi connectivity index (χ3n) is 3.91. The van der Waals surface area contributed by atoms with Gasteiger partial charge in [0.1, 0.15) is 5.76 Å². The van der Waals surface area contributed by atoms with Crippen LogP contribution in [0, 0.1) is 0 Å². The number of furan rings is 1. The second-order valence-electron chi connectivity index (χ2n) is 5.82. The van der Waals surface area contributed by atoms with Crippen LogP contribution in [0.25, 0.3) is 0 Å². The second-order valence-corrected chi connectivity index (χ2v) is 6.60. The SMILES string of the molecule is CCCc1ccc(C(=O)N(Cc2ccsc2)Cc2ccco2)cc1. The highest BCUT2D eigenvalue weighted by molar-refractivity contribution is 7.07. The van der Waals surface area contributed by atoms with Crippen LogP contribution in [-0.4, -0.2) is 10.8 Å². The van der Waals surface area contributed by atoms with Gasteiger partial charge in [0.2, 0.25) is 0 Å². The van der Waals surface area contributed by atoms with E-state index >= 15 is 0 Å². The van der Waals surface area contributed by atoms with E-state index in [4.69, 9.17) is 4.42 Å². The van der Waals surface area contributed by atoms with Crippen molar-refractivity contribution in [3.05, 3.63) is 81.9 Å². The number of carbonyl (C=O) groups is 1. The summed E-state index contributed by atoms with van der Waals surface area (Å²) in [5, 5.41) is 4.11. The first kappa shape index (κ1) is 16.5. The Morgan fingerprint density at radius 3 is 2.54 bits per heavy atom. The molecule has 0 radical (unpaired) electrons. The van der Waals surface area contributed by atoms with Crippen molar-refractivity contribution in [1.29, 1.82) is 0 Å². The molecule has 1 aromatic carbocycles. The minimum atomic E-state index is 0.0284. The Morgan fingerprint density at radius 1 is 1.08 bits per heavy atom.